The van der Waals surface area contributed by atoms with E-state index in [0.29, 0.717) is 33.7 Å². The van der Waals surface area contributed by atoms with Crippen LogP contribution in [0.3, 0.4) is 0 Å². The van der Waals surface area contributed by atoms with Crippen molar-refractivity contribution in [2.24, 2.45) is 5.73 Å². The summed E-state index contributed by atoms with van der Waals surface area (Å²) in [7, 11) is 1.51. The first kappa shape index (κ1) is 16.9. The Hall–Kier alpha value is -2.99. The smallest absolute Gasteiger partial charge is 0.252 e. The highest BCUT2D eigenvalue weighted by Crippen LogP contribution is 2.28. The van der Waals surface area contributed by atoms with E-state index in [2.05, 4.69) is 4.98 Å². The molecule has 0 aliphatic heterocycles. The molecule has 1 amide bonds. The van der Waals surface area contributed by atoms with Crippen LogP contribution in [0.5, 0.6) is 11.5 Å². The minimum absolute atomic E-state index is 0.112. The first-order valence-corrected chi connectivity index (χ1v) is 7.76. The van der Waals surface area contributed by atoms with Gasteiger partial charge in [0.1, 0.15) is 30.1 Å². The lowest BCUT2D eigenvalue weighted by atomic mass is 10.2. The zero-order valence-electron chi connectivity index (χ0n) is 13.4. The average Bonchev–Trinajstić information content (AvgIpc) is 3.09. The maximum atomic E-state index is 11.6. The highest BCUT2D eigenvalue weighted by atomic mass is 35.5. The zero-order valence-corrected chi connectivity index (χ0v) is 14.1. The van der Waals surface area contributed by atoms with Gasteiger partial charge in [-0.15, -0.1) is 0 Å². The van der Waals surface area contributed by atoms with Crippen LogP contribution in [-0.4, -0.2) is 18.0 Å². The highest BCUT2D eigenvalue weighted by Gasteiger charge is 2.14. The number of methoxy groups -OCH3 is 1. The summed E-state index contributed by atoms with van der Waals surface area (Å²) in [5.41, 5.74) is 6.86. The Morgan fingerprint density at radius 1 is 1.28 bits per heavy atom. The second-order valence-electron chi connectivity index (χ2n) is 5.14. The number of primary amides is 1. The maximum Gasteiger partial charge on any atom is 0.252 e. The van der Waals surface area contributed by atoms with Gasteiger partial charge in [-0.2, -0.15) is 0 Å². The summed E-state index contributed by atoms with van der Waals surface area (Å²) < 4.78 is 16.2. The maximum absolute atomic E-state index is 11.6. The molecule has 6 nitrogen and oxygen atoms in total. The Morgan fingerprint density at radius 2 is 2.08 bits per heavy atom. The van der Waals surface area contributed by atoms with Gasteiger partial charge in [0.15, 0.2) is 0 Å². The third kappa shape index (κ3) is 3.75. The Balaban J connectivity index is 1.77. The van der Waals surface area contributed by atoms with Crippen LogP contribution in [0.2, 0.25) is 5.02 Å². The van der Waals surface area contributed by atoms with Gasteiger partial charge in [-0.25, -0.2) is 4.98 Å². The molecule has 7 heteroatoms. The summed E-state index contributed by atoms with van der Waals surface area (Å²) >= 11 is 6.13. The molecule has 0 fully saturated rings. The molecule has 0 bridgehead atoms. The summed E-state index contributed by atoms with van der Waals surface area (Å²) in [6.07, 6.45) is 1.48. The number of nitrogens with zero attached hydrogens (tertiary/aromatic N) is 1. The molecule has 0 saturated carbocycles. The molecule has 0 unspecified atom stereocenters. The van der Waals surface area contributed by atoms with E-state index in [0.717, 1.165) is 0 Å². The van der Waals surface area contributed by atoms with Gasteiger partial charge in [0.05, 0.1) is 23.3 Å². The predicted octanol–water partition coefficient (Wildman–Crippen LogP) is 3.68. The lowest BCUT2D eigenvalue weighted by Gasteiger charge is -2.09. The Kier molecular flexibility index (Phi) is 4.90. The summed E-state index contributed by atoms with van der Waals surface area (Å²) in [6.45, 7) is 0.112. The fraction of sp³-hybridized carbons (Fsp3) is 0.111. The molecular formula is C18H15ClN2O4. The van der Waals surface area contributed by atoms with Gasteiger partial charge in [-0.3, -0.25) is 4.79 Å². The van der Waals surface area contributed by atoms with E-state index in [4.69, 9.17) is 31.2 Å². The number of rotatable bonds is 6. The van der Waals surface area contributed by atoms with Crippen molar-refractivity contribution in [2.45, 2.75) is 6.61 Å². The number of aromatic nitrogens is 1. The summed E-state index contributed by atoms with van der Waals surface area (Å²) in [4.78, 5) is 15.9. The average molecular weight is 359 g/mol. The number of oxazole rings is 1. The Morgan fingerprint density at radius 3 is 2.80 bits per heavy atom. The van der Waals surface area contributed by atoms with Crippen molar-refractivity contribution in [2.75, 3.05) is 7.11 Å². The Bertz CT molecular complexity index is 908. The second kappa shape index (κ2) is 7.27. The van der Waals surface area contributed by atoms with Crippen LogP contribution in [0.4, 0.5) is 0 Å². The van der Waals surface area contributed by atoms with Crippen LogP contribution in [0.25, 0.3) is 11.5 Å². The lowest BCUT2D eigenvalue weighted by Crippen LogP contribution is -2.13. The molecule has 2 N–H and O–H groups in total. The van der Waals surface area contributed by atoms with Crippen molar-refractivity contribution in [1.82, 2.24) is 4.98 Å². The van der Waals surface area contributed by atoms with E-state index in [1.807, 2.05) is 18.2 Å². The number of hydrogen-bond donors (Lipinski definition) is 1. The number of amides is 1. The standard InChI is InChI=1S/C18H15ClN2O4/c1-23-12-6-7-16(14(8-12)17(20)22)24-9-11-10-25-18(21-11)13-4-2-3-5-15(13)19/h2-8,10H,9H2,1H3,(H2,20,22). The van der Waals surface area contributed by atoms with Gasteiger partial charge in [-0.05, 0) is 30.3 Å². The number of nitrogens with two attached hydrogens (primary N) is 1. The number of carbonyl (C=O) groups excluding carboxylic acids is 1. The van der Waals surface area contributed by atoms with Crippen LogP contribution in [0.15, 0.2) is 53.1 Å². The zero-order chi connectivity index (χ0) is 17.8. The molecule has 0 spiro atoms. The SMILES string of the molecule is COc1ccc(OCc2coc(-c3ccccc3Cl)n2)c(C(N)=O)c1. The fourth-order valence-corrected chi connectivity index (χ4v) is 2.45. The van der Waals surface area contributed by atoms with Gasteiger partial charge in [0.25, 0.3) is 5.91 Å². The van der Waals surface area contributed by atoms with Gasteiger partial charge < -0.3 is 19.6 Å². The molecule has 0 saturated heterocycles. The quantitative estimate of drug-likeness (QED) is 0.726. The van der Waals surface area contributed by atoms with Crippen molar-refractivity contribution in [3.05, 3.63) is 65.0 Å². The summed E-state index contributed by atoms with van der Waals surface area (Å²) in [6, 6.07) is 12.1. The summed E-state index contributed by atoms with van der Waals surface area (Å²) in [5, 5.41) is 0.544. The Labute approximate surface area is 149 Å². The number of ether oxygens (including phenoxy) is 2. The first-order chi connectivity index (χ1) is 12.1. The molecular weight excluding hydrogens is 344 g/mol. The normalized spacial score (nSPS) is 10.5. The summed E-state index contributed by atoms with van der Waals surface area (Å²) in [5.74, 6) is 0.652. The van der Waals surface area contributed by atoms with Crippen molar-refractivity contribution in [3.8, 4) is 23.0 Å². The van der Waals surface area contributed by atoms with E-state index in [1.165, 1.54) is 19.4 Å². The molecule has 0 radical (unpaired) electrons. The molecule has 3 aromatic rings. The van der Waals surface area contributed by atoms with E-state index >= 15 is 0 Å². The molecule has 3 rings (SSSR count). The van der Waals surface area contributed by atoms with Crippen molar-refractivity contribution >= 4 is 17.5 Å². The van der Waals surface area contributed by atoms with Crippen molar-refractivity contribution in [1.29, 1.82) is 0 Å². The van der Waals surface area contributed by atoms with Crippen LogP contribution in [0.1, 0.15) is 16.1 Å². The van der Waals surface area contributed by atoms with Gasteiger partial charge >= 0.3 is 0 Å². The van der Waals surface area contributed by atoms with Crippen LogP contribution >= 0.6 is 11.6 Å². The minimum atomic E-state index is -0.606. The minimum Gasteiger partial charge on any atom is -0.497 e. The van der Waals surface area contributed by atoms with Crippen molar-refractivity contribution < 1.29 is 18.7 Å². The van der Waals surface area contributed by atoms with Crippen LogP contribution in [-0.2, 0) is 6.61 Å². The third-order valence-electron chi connectivity index (χ3n) is 3.48. The monoisotopic (exact) mass is 358 g/mol. The molecule has 0 aliphatic carbocycles. The van der Waals surface area contributed by atoms with Gasteiger partial charge in [0, 0.05) is 0 Å². The third-order valence-corrected chi connectivity index (χ3v) is 3.81. The molecule has 0 atom stereocenters. The van der Waals surface area contributed by atoms with E-state index < -0.39 is 5.91 Å². The van der Waals surface area contributed by atoms with E-state index in [1.54, 1.807) is 18.2 Å². The molecule has 25 heavy (non-hydrogen) atoms. The molecule has 128 valence electrons. The second-order valence-corrected chi connectivity index (χ2v) is 5.55. The van der Waals surface area contributed by atoms with Gasteiger partial charge in [0.2, 0.25) is 5.89 Å². The van der Waals surface area contributed by atoms with Gasteiger partial charge in [-0.1, -0.05) is 23.7 Å². The van der Waals surface area contributed by atoms with E-state index in [9.17, 15) is 4.79 Å². The predicted molar refractivity (Wildman–Crippen MR) is 92.8 cm³/mol. The number of hydrogen-bond acceptors (Lipinski definition) is 5. The molecule has 0 aliphatic rings. The number of carbonyl (C=O) groups is 1. The van der Waals surface area contributed by atoms with Crippen LogP contribution < -0.4 is 15.2 Å². The van der Waals surface area contributed by atoms with E-state index in [-0.39, 0.29) is 12.2 Å². The molecule has 1 aromatic heterocycles. The molecule has 1 heterocycles. The molecule has 2 aromatic carbocycles. The lowest BCUT2D eigenvalue weighted by molar-refractivity contribution is 0.0995. The first-order valence-electron chi connectivity index (χ1n) is 7.38. The number of halogens is 1. The number of benzene rings is 2. The fourth-order valence-electron chi connectivity index (χ4n) is 2.24. The van der Waals surface area contributed by atoms with Crippen molar-refractivity contribution in [3.63, 3.8) is 0 Å². The highest BCUT2D eigenvalue weighted by molar-refractivity contribution is 6.33. The topological polar surface area (TPSA) is 87.6 Å². The largest absolute Gasteiger partial charge is 0.497 e. The van der Waals surface area contributed by atoms with Crippen LogP contribution in [0, 0.1) is 0 Å².